The van der Waals surface area contributed by atoms with E-state index in [1.807, 2.05) is 0 Å². The Bertz CT molecular complexity index is 449. The molecule has 0 radical (unpaired) electrons. The third-order valence-electron chi connectivity index (χ3n) is 2.34. The van der Waals surface area contributed by atoms with Gasteiger partial charge in [-0.25, -0.2) is 0 Å². The van der Waals surface area contributed by atoms with Crippen LogP contribution in [0.4, 0.5) is 26.3 Å². The monoisotopic (exact) mass is 336 g/mol. The Labute approximate surface area is 107 Å². The number of halogens is 7. The van der Waals surface area contributed by atoms with Gasteiger partial charge in [0.15, 0.2) is 5.60 Å². The lowest BCUT2D eigenvalue weighted by molar-refractivity contribution is -0.259. The number of hydrogen-bond acceptors (Lipinski definition) is 1. The van der Waals surface area contributed by atoms with Crippen molar-refractivity contribution >= 4 is 15.9 Å². The second-order valence-electron chi connectivity index (χ2n) is 3.80. The summed E-state index contributed by atoms with van der Waals surface area (Å²) in [5.74, 6) is 0. The fourth-order valence-electron chi connectivity index (χ4n) is 1.20. The molecule has 0 aliphatic carbocycles. The van der Waals surface area contributed by atoms with E-state index in [1.165, 1.54) is 0 Å². The fraction of sp³-hybridized carbons (Fsp3) is 0.400. The largest absolute Gasteiger partial charge is 0.421 e. The summed E-state index contributed by atoms with van der Waals surface area (Å²) >= 11 is 2.69. The van der Waals surface area contributed by atoms with Crippen LogP contribution in [0.15, 0.2) is 22.7 Å². The first-order chi connectivity index (χ1) is 7.85. The van der Waals surface area contributed by atoms with Crippen LogP contribution in [0.25, 0.3) is 0 Å². The van der Waals surface area contributed by atoms with Gasteiger partial charge in [-0.2, -0.15) is 26.3 Å². The molecule has 18 heavy (non-hydrogen) atoms. The minimum absolute atomic E-state index is 0.197. The van der Waals surface area contributed by atoms with E-state index < -0.39 is 29.1 Å². The van der Waals surface area contributed by atoms with Crippen LogP contribution >= 0.6 is 15.9 Å². The van der Waals surface area contributed by atoms with Crippen LogP contribution in [0.2, 0.25) is 0 Å². The van der Waals surface area contributed by atoms with Crippen molar-refractivity contribution in [3.63, 3.8) is 0 Å². The number of aliphatic hydroxyl groups is 1. The quantitative estimate of drug-likeness (QED) is 0.760. The molecule has 1 rings (SSSR count). The zero-order valence-electron chi connectivity index (χ0n) is 8.83. The molecule has 0 fully saturated rings. The molecule has 0 heterocycles. The van der Waals surface area contributed by atoms with E-state index in [4.69, 9.17) is 0 Å². The Hall–Kier alpha value is -0.760. The first kappa shape index (κ1) is 15.3. The average Bonchev–Trinajstić information content (AvgIpc) is 2.13. The molecule has 102 valence electrons. The predicted molar refractivity (Wildman–Crippen MR) is 54.8 cm³/mol. The zero-order chi connectivity index (χ0) is 14.4. The molecule has 0 amide bonds. The van der Waals surface area contributed by atoms with Crippen LogP contribution in [-0.2, 0) is 11.8 Å². The van der Waals surface area contributed by atoms with Crippen LogP contribution in [-0.4, -0.2) is 11.3 Å². The first-order valence-corrected chi connectivity index (χ1v) is 5.32. The van der Waals surface area contributed by atoms with Gasteiger partial charge in [0, 0.05) is 4.47 Å². The van der Waals surface area contributed by atoms with Gasteiger partial charge in [0.1, 0.15) is 0 Å². The summed E-state index contributed by atoms with van der Waals surface area (Å²) in [5, 5.41) is 9.32. The molecule has 1 atom stereocenters. The first-order valence-electron chi connectivity index (χ1n) is 4.53. The Morgan fingerprint density at radius 1 is 0.944 bits per heavy atom. The zero-order valence-corrected chi connectivity index (χ0v) is 10.4. The van der Waals surface area contributed by atoms with Crippen molar-refractivity contribution in [2.75, 3.05) is 0 Å². The minimum atomic E-state index is -5.07. The molecule has 0 saturated carbocycles. The van der Waals surface area contributed by atoms with Gasteiger partial charge in [-0.1, -0.05) is 15.9 Å². The summed E-state index contributed by atoms with van der Waals surface area (Å²) in [5.41, 5.74) is -5.50. The van der Waals surface area contributed by atoms with E-state index in [0.717, 1.165) is 6.07 Å². The van der Waals surface area contributed by atoms with Crippen LogP contribution in [0, 0.1) is 0 Å². The van der Waals surface area contributed by atoms with Crippen molar-refractivity contribution in [1.82, 2.24) is 0 Å². The smallest absolute Gasteiger partial charge is 0.376 e. The lowest BCUT2D eigenvalue weighted by atomic mass is 9.94. The SMILES string of the molecule is CC(O)(c1cc(Br)cc(C(F)(F)F)c1)C(F)(F)F. The van der Waals surface area contributed by atoms with Gasteiger partial charge in [-0.3, -0.25) is 0 Å². The molecule has 0 aliphatic heterocycles. The lowest BCUT2D eigenvalue weighted by Crippen LogP contribution is -2.39. The molecule has 0 aliphatic rings. The maximum absolute atomic E-state index is 12.5. The van der Waals surface area contributed by atoms with Gasteiger partial charge in [0.05, 0.1) is 5.56 Å². The highest BCUT2D eigenvalue weighted by molar-refractivity contribution is 9.10. The molecule has 1 nitrogen and oxygen atoms in total. The van der Waals surface area contributed by atoms with Gasteiger partial charge >= 0.3 is 12.4 Å². The third kappa shape index (κ3) is 2.97. The van der Waals surface area contributed by atoms with E-state index in [-0.39, 0.29) is 10.5 Å². The Balaban J connectivity index is 3.40. The molecule has 0 bridgehead atoms. The molecule has 1 aromatic rings. The van der Waals surface area contributed by atoms with E-state index in [9.17, 15) is 31.4 Å². The molecule has 1 aromatic carbocycles. The summed E-state index contributed by atoms with van der Waals surface area (Å²) in [6, 6.07) is 1.71. The van der Waals surface area contributed by atoms with Crippen molar-refractivity contribution in [1.29, 1.82) is 0 Å². The summed E-state index contributed by atoms with van der Waals surface area (Å²) in [6.07, 6.45) is -9.86. The van der Waals surface area contributed by atoms with E-state index >= 15 is 0 Å². The summed E-state index contributed by atoms with van der Waals surface area (Å²) in [4.78, 5) is 0. The molecular formula is C10H7BrF6O. The highest BCUT2D eigenvalue weighted by Gasteiger charge is 2.51. The standard InChI is InChI=1S/C10H7BrF6O/c1-8(18,10(15,16)17)5-2-6(9(12,13)14)4-7(11)3-5/h2-4,18H,1H3. The topological polar surface area (TPSA) is 20.2 Å². The van der Waals surface area contributed by atoms with Crippen molar-refractivity contribution in [3.8, 4) is 0 Å². The van der Waals surface area contributed by atoms with Gasteiger partial charge in [0.2, 0.25) is 0 Å². The molecule has 8 heteroatoms. The predicted octanol–water partition coefficient (Wildman–Crippen LogP) is 4.24. The van der Waals surface area contributed by atoms with Crippen molar-refractivity contribution in [2.24, 2.45) is 0 Å². The van der Waals surface area contributed by atoms with Crippen molar-refractivity contribution < 1.29 is 31.4 Å². The maximum atomic E-state index is 12.5. The second-order valence-corrected chi connectivity index (χ2v) is 4.71. The summed E-state index contributed by atoms with van der Waals surface area (Å²) < 4.78 is 74.7. The van der Waals surface area contributed by atoms with Gasteiger partial charge < -0.3 is 5.11 Å². The summed E-state index contributed by atoms with van der Waals surface area (Å²) in [6.45, 7) is 0.398. The maximum Gasteiger partial charge on any atom is 0.421 e. The third-order valence-corrected chi connectivity index (χ3v) is 2.80. The van der Waals surface area contributed by atoms with Crippen LogP contribution < -0.4 is 0 Å². The number of rotatable bonds is 1. The summed E-state index contributed by atoms with van der Waals surface area (Å²) in [7, 11) is 0. The highest BCUT2D eigenvalue weighted by Crippen LogP contribution is 2.41. The Morgan fingerprint density at radius 3 is 1.78 bits per heavy atom. The minimum Gasteiger partial charge on any atom is -0.376 e. The van der Waals surface area contributed by atoms with Gasteiger partial charge in [-0.05, 0) is 30.7 Å². The Kier molecular flexibility index (Phi) is 3.75. The van der Waals surface area contributed by atoms with Crippen LogP contribution in [0.5, 0.6) is 0 Å². The number of alkyl halides is 6. The highest BCUT2D eigenvalue weighted by atomic mass is 79.9. The second kappa shape index (κ2) is 4.41. The Morgan fingerprint density at radius 2 is 1.39 bits per heavy atom. The molecule has 0 spiro atoms. The lowest BCUT2D eigenvalue weighted by Gasteiger charge is -2.27. The number of benzene rings is 1. The molecular weight excluding hydrogens is 330 g/mol. The molecule has 0 aromatic heterocycles. The van der Waals surface area contributed by atoms with Gasteiger partial charge in [0.25, 0.3) is 0 Å². The van der Waals surface area contributed by atoms with E-state index in [1.54, 1.807) is 0 Å². The molecule has 1 unspecified atom stereocenters. The van der Waals surface area contributed by atoms with Crippen LogP contribution in [0.1, 0.15) is 18.1 Å². The number of hydrogen-bond donors (Lipinski definition) is 1. The van der Waals surface area contributed by atoms with Crippen molar-refractivity contribution in [2.45, 2.75) is 24.9 Å². The molecule has 0 saturated heterocycles. The van der Waals surface area contributed by atoms with E-state index in [2.05, 4.69) is 15.9 Å². The average molecular weight is 337 g/mol. The van der Waals surface area contributed by atoms with Crippen molar-refractivity contribution in [3.05, 3.63) is 33.8 Å². The van der Waals surface area contributed by atoms with E-state index in [0.29, 0.717) is 13.0 Å². The molecule has 1 N–H and O–H groups in total. The van der Waals surface area contributed by atoms with Crippen LogP contribution in [0.3, 0.4) is 0 Å². The normalized spacial score (nSPS) is 16.5. The fourth-order valence-corrected chi connectivity index (χ4v) is 1.69. The van der Waals surface area contributed by atoms with Gasteiger partial charge in [-0.15, -0.1) is 0 Å².